The van der Waals surface area contributed by atoms with E-state index >= 15 is 0 Å². The first-order valence-corrected chi connectivity index (χ1v) is 7.04. The Morgan fingerprint density at radius 3 is 3.14 bits per heavy atom. The molecule has 1 aromatic heterocycles. The molecular weight excluding hydrogens is 269 g/mol. The molecule has 21 heavy (non-hydrogen) atoms. The largest absolute Gasteiger partial charge is 0.337 e. The molecule has 0 bridgehead atoms. The van der Waals surface area contributed by atoms with Gasteiger partial charge in [-0.15, -0.1) is 0 Å². The molecule has 0 saturated carbocycles. The first kappa shape index (κ1) is 13.9. The van der Waals surface area contributed by atoms with Crippen molar-refractivity contribution < 1.29 is 4.39 Å². The van der Waals surface area contributed by atoms with E-state index in [1.807, 2.05) is 6.07 Å². The molecular formula is C15H18FN5. The van der Waals surface area contributed by atoms with Gasteiger partial charge in [0.2, 0.25) is 0 Å². The minimum absolute atomic E-state index is 0.110. The average Bonchev–Trinajstić information content (AvgIpc) is 2.54. The molecule has 0 aliphatic carbocycles. The Morgan fingerprint density at radius 2 is 2.33 bits per heavy atom. The van der Waals surface area contributed by atoms with Crippen LogP contribution in [0, 0.1) is 5.82 Å². The molecule has 0 spiro atoms. The first-order chi connectivity index (χ1) is 10.3. The normalized spacial score (nSPS) is 18.7. The van der Waals surface area contributed by atoms with Crippen LogP contribution in [0.2, 0.25) is 0 Å². The lowest BCUT2D eigenvalue weighted by atomic mass is 10.2. The SMILES string of the molecule is Fc1cccc(CNC2CNCCN2c2cnccn2)c1. The zero-order chi connectivity index (χ0) is 14.5. The predicted octanol–water partition coefficient (Wildman–Crippen LogP) is 1.14. The van der Waals surface area contributed by atoms with Gasteiger partial charge in [-0.25, -0.2) is 9.37 Å². The van der Waals surface area contributed by atoms with Gasteiger partial charge < -0.3 is 10.2 Å². The third-order valence-corrected chi connectivity index (χ3v) is 3.52. The fraction of sp³-hybridized carbons (Fsp3) is 0.333. The molecule has 1 aromatic carbocycles. The second-order valence-electron chi connectivity index (χ2n) is 4.99. The van der Waals surface area contributed by atoms with Gasteiger partial charge in [0, 0.05) is 38.6 Å². The number of nitrogens with one attached hydrogen (secondary N) is 2. The van der Waals surface area contributed by atoms with E-state index in [-0.39, 0.29) is 12.0 Å². The Balaban J connectivity index is 1.67. The van der Waals surface area contributed by atoms with Crippen LogP contribution < -0.4 is 15.5 Å². The summed E-state index contributed by atoms with van der Waals surface area (Å²) in [4.78, 5) is 10.7. The molecule has 1 aliphatic rings. The molecule has 1 atom stereocenters. The lowest BCUT2D eigenvalue weighted by Crippen LogP contribution is -2.58. The van der Waals surface area contributed by atoms with E-state index in [1.165, 1.54) is 6.07 Å². The van der Waals surface area contributed by atoms with Crippen molar-refractivity contribution in [1.82, 2.24) is 20.6 Å². The van der Waals surface area contributed by atoms with E-state index in [2.05, 4.69) is 25.5 Å². The van der Waals surface area contributed by atoms with Crippen LogP contribution in [0.15, 0.2) is 42.9 Å². The average molecular weight is 287 g/mol. The van der Waals surface area contributed by atoms with Gasteiger partial charge in [-0.3, -0.25) is 10.3 Å². The summed E-state index contributed by atoms with van der Waals surface area (Å²) in [6, 6.07) is 6.65. The highest BCUT2D eigenvalue weighted by molar-refractivity contribution is 5.37. The fourth-order valence-corrected chi connectivity index (χ4v) is 2.48. The van der Waals surface area contributed by atoms with Crippen LogP contribution in [0.25, 0.3) is 0 Å². The summed E-state index contributed by atoms with van der Waals surface area (Å²) in [5, 5.41) is 6.80. The number of hydrogen-bond donors (Lipinski definition) is 2. The molecule has 2 aromatic rings. The van der Waals surface area contributed by atoms with Crippen LogP contribution in [0.3, 0.4) is 0 Å². The van der Waals surface area contributed by atoms with Gasteiger partial charge in [0.15, 0.2) is 0 Å². The van der Waals surface area contributed by atoms with Crippen molar-refractivity contribution in [2.75, 3.05) is 24.5 Å². The van der Waals surface area contributed by atoms with Crippen molar-refractivity contribution in [3.05, 3.63) is 54.2 Å². The number of hydrogen-bond acceptors (Lipinski definition) is 5. The predicted molar refractivity (Wildman–Crippen MR) is 79.3 cm³/mol. The molecule has 3 rings (SSSR count). The third-order valence-electron chi connectivity index (χ3n) is 3.52. The Labute approximate surface area is 123 Å². The standard InChI is InChI=1S/C15H18FN5/c16-13-3-1-2-12(8-13)9-20-15-11-18-6-7-21(15)14-10-17-4-5-19-14/h1-5,8,10,15,18,20H,6-7,9,11H2. The van der Waals surface area contributed by atoms with Crippen LogP contribution in [0.5, 0.6) is 0 Å². The van der Waals surface area contributed by atoms with Crippen LogP contribution in [-0.4, -0.2) is 35.8 Å². The van der Waals surface area contributed by atoms with Crippen molar-refractivity contribution in [3.63, 3.8) is 0 Å². The lowest BCUT2D eigenvalue weighted by molar-refractivity contribution is 0.406. The van der Waals surface area contributed by atoms with Gasteiger partial charge >= 0.3 is 0 Å². The molecule has 0 radical (unpaired) electrons. The summed E-state index contributed by atoms with van der Waals surface area (Å²) in [6.45, 7) is 3.20. The van der Waals surface area contributed by atoms with E-state index in [4.69, 9.17) is 0 Å². The second kappa shape index (κ2) is 6.60. The fourth-order valence-electron chi connectivity index (χ4n) is 2.48. The van der Waals surface area contributed by atoms with Crippen molar-refractivity contribution in [2.24, 2.45) is 0 Å². The number of rotatable bonds is 4. The number of anilines is 1. The highest BCUT2D eigenvalue weighted by Gasteiger charge is 2.22. The van der Waals surface area contributed by atoms with Crippen molar-refractivity contribution in [1.29, 1.82) is 0 Å². The van der Waals surface area contributed by atoms with E-state index in [0.29, 0.717) is 6.54 Å². The Morgan fingerprint density at radius 1 is 1.38 bits per heavy atom. The minimum Gasteiger partial charge on any atom is -0.337 e. The molecule has 2 heterocycles. The molecule has 1 unspecified atom stereocenters. The van der Waals surface area contributed by atoms with Crippen LogP contribution in [-0.2, 0) is 6.54 Å². The third kappa shape index (κ3) is 3.53. The first-order valence-electron chi connectivity index (χ1n) is 7.04. The minimum atomic E-state index is -0.207. The van der Waals surface area contributed by atoms with Gasteiger partial charge in [-0.05, 0) is 17.7 Å². The molecule has 5 nitrogen and oxygen atoms in total. The summed E-state index contributed by atoms with van der Waals surface area (Å²) in [7, 11) is 0. The lowest BCUT2D eigenvalue weighted by Gasteiger charge is -2.37. The summed E-state index contributed by atoms with van der Waals surface area (Å²) in [5.74, 6) is 0.651. The number of nitrogens with zero attached hydrogens (tertiary/aromatic N) is 3. The summed E-state index contributed by atoms with van der Waals surface area (Å²) >= 11 is 0. The number of aromatic nitrogens is 2. The van der Waals surface area contributed by atoms with E-state index < -0.39 is 0 Å². The van der Waals surface area contributed by atoms with E-state index in [1.54, 1.807) is 30.7 Å². The summed E-state index contributed by atoms with van der Waals surface area (Å²) < 4.78 is 13.2. The summed E-state index contributed by atoms with van der Waals surface area (Å²) in [6.07, 6.45) is 5.24. The highest BCUT2D eigenvalue weighted by Crippen LogP contribution is 2.13. The maximum atomic E-state index is 13.2. The maximum Gasteiger partial charge on any atom is 0.148 e. The van der Waals surface area contributed by atoms with Gasteiger partial charge in [-0.1, -0.05) is 12.1 Å². The zero-order valence-corrected chi connectivity index (χ0v) is 11.7. The number of halogens is 1. The topological polar surface area (TPSA) is 53.1 Å². The summed E-state index contributed by atoms with van der Waals surface area (Å²) in [5.41, 5.74) is 0.930. The maximum absolute atomic E-state index is 13.2. The van der Waals surface area contributed by atoms with E-state index in [0.717, 1.165) is 31.0 Å². The zero-order valence-electron chi connectivity index (χ0n) is 11.7. The van der Waals surface area contributed by atoms with Crippen molar-refractivity contribution in [2.45, 2.75) is 12.7 Å². The Hall–Kier alpha value is -2.05. The van der Waals surface area contributed by atoms with Crippen molar-refractivity contribution >= 4 is 5.82 Å². The van der Waals surface area contributed by atoms with Gasteiger partial charge in [-0.2, -0.15) is 0 Å². The molecule has 1 saturated heterocycles. The Bertz CT molecular complexity index is 577. The quantitative estimate of drug-likeness (QED) is 0.883. The van der Waals surface area contributed by atoms with Gasteiger partial charge in [0.05, 0.1) is 12.4 Å². The van der Waals surface area contributed by atoms with Gasteiger partial charge in [0.25, 0.3) is 0 Å². The smallest absolute Gasteiger partial charge is 0.148 e. The van der Waals surface area contributed by atoms with Crippen molar-refractivity contribution in [3.8, 4) is 0 Å². The van der Waals surface area contributed by atoms with E-state index in [9.17, 15) is 4.39 Å². The molecule has 110 valence electrons. The number of benzene rings is 1. The second-order valence-corrected chi connectivity index (χ2v) is 4.99. The monoisotopic (exact) mass is 287 g/mol. The molecule has 2 N–H and O–H groups in total. The van der Waals surface area contributed by atoms with Crippen LogP contribution in [0.1, 0.15) is 5.56 Å². The Kier molecular flexibility index (Phi) is 4.37. The van der Waals surface area contributed by atoms with Crippen LogP contribution >= 0.6 is 0 Å². The molecule has 1 fully saturated rings. The number of piperazine rings is 1. The van der Waals surface area contributed by atoms with Gasteiger partial charge in [0.1, 0.15) is 11.6 Å². The highest BCUT2D eigenvalue weighted by atomic mass is 19.1. The molecule has 1 aliphatic heterocycles. The van der Waals surface area contributed by atoms with Crippen LogP contribution in [0.4, 0.5) is 10.2 Å². The molecule has 0 amide bonds. The molecule has 6 heteroatoms.